The second kappa shape index (κ2) is 6.76. The van der Waals surface area contributed by atoms with Gasteiger partial charge in [0, 0.05) is 41.9 Å². The van der Waals surface area contributed by atoms with Crippen molar-refractivity contribution in [2.24, 2.45) is 5.92 Å². The van der Waals surface area contributed by atoms with Crippen LogP contribution in [0.5, 0.6) is 5.75 Å². The molecule has 1 saturated heterocycles. The highest BCUT2D eigenvalue weighted by Crippen LogP contribution is 2.45. The number of nitrogens with zero attached hydrogens (tertiary/aromatic N) is 1. The Labute approximate surface area is 155 Å². The first-order valence-electron chi connectivity index (χ1n) is 8.76. The lowest BCUT2D eigenvalue weighted by Gasteiger charge is -2.19. The summed E-state index contributed by atoms with van der Waals surface area (Å²) in [7, 11) is 1.88. The Balaban J connectivity index is 1.87. The third kappa shape index (κ3) is 3.29. The molecule has 1 saturated carbocycles. The maximum atomic E-state index is 14.5. The summed E-state index contributed by atoms with van der Waals surface area (Å²) in [6, 6.07) is 3.83. The predicted octanol–water partition coefficient (Wildman–Crippen LogP) is 3.74. The fraction of sp³-hybridized carbons (Fsp3) is 0.421. The Morgan fingerprint density at radius 3 is 2.65 bits per heavy atom. The van der Waals surface area contributed by atoms with Gasteiger partial charge in [-0.2, -0.15) is 0 Å². The molecular formula is C19H20ClF2N3O. The van der Waals surface area contributed by atoms with E-state index in [0.717, 1.165) is 43.8 Å². The number of pyridine rings is 1. The number of hydrogen-bond acceptors (Lipinski definition) is 4. The molecule has 2 atom stereocenters. The zero-order valence-corrected chi connectivity index (χ0v) is 15.1. The summed E-state index contributed by atoms with van der Waals surface area (Å²) in [6.45, 7) is 1.49. The fourth-order valence-corrected chi connectivity index (χ4v) is 3.59. The van der Waals surface area contributed by atoms with Crippen LogP contribution in [-0.2, 0) is 0 Å². The second-order valence-electron chi connectivity index (χ2n) is 7.04. The molecule has 3 N–H and O–H groups in total. The first kappa shape index (κ1) is 17.6. The predicted molar refractivity (Wildman–Crippen MR) is 96.4 cm³/mol. The molecule has 138 valence electrons. The van der Waals surface area contributed by atoms with E-state index >= 15 is 0 Å². The molecule has 2 aromatic rings. The molecule has 1 aromatic heterocycles. The molecule has 4 nitrogen and oxygen atoms in total. The standard InChI is InChI=1S/C19H20ClF2N3O/c1-23-7-12(9-2-3-9)16-5-11(17-8-24-17)19(26)18(25-16)10-4-15(22)13(20)6-14(10)21/h4-6,9,12,17,23-24,26H,2-3,7-8H2,1H3. The van der Waals surface area contributed by atoms with Crippen molar-refractivity contribution in [1.29, 1.82) is 0 Å². The number of aromatic nitrogens is 1. The van der Waals surface area contributed by atoms with E-state index in [2.05, 4.69) is 15.6 Å². The van der Waals surface area contributed by atoms with Crippen LogP contribution in [0.25, 0.3) is 11.3 Å². The lowest BCUT2D eigenvalue weighted by Crippen LogP contribution is -2.20. The van der Waals surface area contributed by atoms with Gasteiger partial charge in [0.15, 0.2) is 0 Å². The molecule has 2 fully saturated rings. The van der Waals surface area contributed by atoms with Gasteiger partial charge in [0.2, 0.25) is 0 Å². The third-order valence-corrected chi connectivity index (χ3v) is 5.38. The van der Waals surface area contributed by atoms with Gasteiger partial charge in [-0.3, -0.25) is 0 Å². The van der Waals surface area contributed by atoms with Gasteiger partial charge >= 0.3 is 0 Å². The van der Waals surface area contributed by atoms with Gasteiger partial charge in [0.05, 0.1) is 5.02 Å². The van der Waals surface area contributed by atoms with Crippen molar-refractivity contribution in [2.45, 2.75) is 24.8 Å². The van der Waals surface area contributed by atoms with Crippen molar-refractivity contribution < 1.29 is 13.9 Å². The average Bonchev–Trinajstić information content (AvgIpc) is 3.49. The molecule has 0 amide bonds. The summed E-state index contributed by atoms with van der Waals surface area (Å²) >= 11 is 5.66. The van der Waals surface area contributed by atoms with Crippen LogP contribution in [0.1, 0.15) is 36.1 Å². The molecular weight excluding hydrogens is 360 g/mol. The zero-order chi connectivity index (χ0) is 18.4. The van der Waals surface area contributed by atoms with Gasteiger partial charge in [-0.15, -0.1) is 0 Å². The Hall–Kier alpha value is -1.76. The molecule has 2 aliphatic rings. The number of likely N-dealkylation sites (N-methyl/N-ethyl adjacent to an activating group) is 1. The number of halogens is 3. The van der Waals surface area contributed by atoms with E-state index in [1.807, 2.05) is 13.1 Å². The van der Waals surface area contributed by atoms with Crippen LogP contribution in [0.3, 0.4) is 0 Å². The van der Waals surface area contributed by atoms with Crippen molar-refractivity contribution in [3.8, 4) is 17.0 Å². The van der Waals surface area contributed by atoms with Crippen LogP contribution in [0.2, 0.25) is 5.02 Å². The zero-order valence-electron chi connectivity index (χ0n) is 14.3. The first-order chi connectivity index (χ1) is 12.5. The second-order valence-corrected chi connectivity index (χ2v) is 7.45. The van der Waals surface area contributed by atoms with Crippen LogP contribution in [-0.4, -0.2) is 30.2 Å². The van der Waals surface area contributed by atoms with Gasteiger partial charge in [0.25, 0.3) is 0 Å². The summed E-state index contributed by atoms with van der Waals surface area (Å²) in [5, 5.41) is 16.7. The molecule has 2 unspecified atom stereocenters. The van der Waals surface area contributed by atoms with Crippen molar-refractivity contribution in [3.05, 3.63) is 46.1 Å². The normalized spacial score (nSPS) is 20.2. The van der Waals surface area contributed by atoms with E-state index in [1.165, 1.54) is 0 Å². The quantitative estimate of drug-likeness (QED) is 0.528. The smallest absolute Gasteiger partial charge is 0.146 e. The third-order valence-electron chi connectivity index (χ3n) is 5.09. The molecule has 4 rings (SSSR count). The average molecular weight is 380 g/mol. The molecule has 0 bridgehead atoms. The van der Waals surface area contributed by atoms with E-state index in [9.17, 15) is 13.9 Å². The van der Waals surface area contributed by atoms with Gasteiger partial charge in [0.1, 0.15) is 23.1 Å². The van der Waals surface area contributed by atoms with E-state index in [0.29, 0.717) is 11.5 Å². The summed E-state index contributed by atoms with van der Waals surface area (Å²) in [5.74, 6) is -0.850. The van der Waals surface area contributed by atoms with Crippen molar-refractivity contribution >= 4 is 11.6 Å². The largest absolute Gasteiger partial charge is 0.505 e. The molecule has 2 heterocycles. The van der Waals surface area contributed by atoms with Crippen LogP contribution >= 0.6 is 11.6 Å². The molecule has 1 aliphatic carbocycles. The Kier molecular flexibility index (Phi) is 4.59. The monoisotopic (exact) mass is 379 g/mol. The minimum atomic E-state index is -0.741. The number of aromatic hydroxyl groups is 1. The lowest BCUT2D eigenvalue weighted by molar-refractivity contribution is 0.464. The fourth-order valence-electron chi connectivity index (χ4n) is 3.44. The van der Waals surface area contributed by atoms with Crippen molar-refractivity contribution in [2.75, 3.05) is 20.1 Å². The highest BCUT2D eigenvalue weighted by Gasteiger charge is 2.35. The van der Waals surface area contributed by atoms with Gasteiger partial charge in [-0.05, 0) is 44.0 Å². The molecule has 26 heavy (non-hydrogen) atoms. The first-order valence-corrected chi connectivity index (χ1v) is 9.14. The molecule has 7 heteroatoms. The SMILES string of the molecule is CNCC(c1cc(C2CN2)c(O)c(-c2cc(F)c(Cl)cc2F)n1)C1CC1. The van der Waals surface area contributed by atoms with Crippen LogP contribution in [0.4, 0.5) is 8.78 Å². The maximum absolute atomic E-state index is 14.5. The summed E-state index contributed by atoms with van der Waals surface area (Å²) in [4.78, 5) is 4.56. The topological polar surface area (TPSA) is 67.1 Å². The van der Waals surface area contributed by atoms with Crippen LogP contribution < -0.4 is 10.6 Å². The highest BCUT2D eigenvalue weighted by atomic mass is 35.5. The molecule has 0 spiro atoms. The molecule has 1 aliphatic heterocycles. The van der Waals surface area contributed by atoms with E-state index in [-0.39, 0.29) is 34.0 Å². The summed E-state index contributed by atoms with van der Waals surface area (Å²) in [6.07, 6.45) is 2.26. The number of benzene rings is 1. The number of nitrogens with one attached hydrogen (secondary N) is 2. The Bertz CT molecular complexity index is 853. The van der Waals surface area contributed by atoms with Gasteiger partial charge < -0.3 is 15.7 Å². The number of hydrogen-bond donors (Lipinski definition) is 3. The Morgan fingerprint density at radius 2 is 2.04 bits per heavy atom. The summed E-state index contributed by atoms with van der Waals surface area (Å²) < 4.78 is 28.4. The minimum absolute atomic E-state index is 0.0187. The molecule has 0 radical (unpaired) electrons. The van der Waals surface area contributed by atoms with E-state index in [4.69, 9.17) is 11.6 Å². The summed E-state index contributed by atoms with van der Waals surface area (Å²) in [5.41, 5.74) is 1.47. The maximum Gasteiger partial charge on any atom is 0.146 e. The van der Waals surface area contributed by atoms with Gasteiger partial charge in [-0.1, -0.05) is 11.6 Å². The highest BCUT2D eigenvalue weighted by molar-refractivity contribution is 6.30. The minimum Gasteiger partial charge on any atom is -0.505 e. The van der Waals surface area contributed by atoms with Gasteiger partial charge in [-0.25, -0.2) is 13.8 Å². The van der Waals surface area contributed by atoms with Crippen LogP contribution in [0.15, 0.2) is 18.2 Å². The lowest BCUT2D eigenvalue weighted by atomic mass is 9.95. The van der Waals surface area contributed by atoms with Crippen molar-refractivity contribution in [3.63, 3.8) is 0 Å². The van der Waals surface area contributed by atoms with Crippen LogP contribution in [0, 0.1) is 17.6 Å². The Morgan fingerprint density at radius 1 is 1.31 bits per heavy atom. The van der Waals surface area contributed by atoms with E-state index in [1.54, 1.807) is 0 Å². The number of rotatable bonds is 6. The molecule has 1 aromatic carbocycles. The van der Waals surface area contributed by atoms with E-state index < -0.39 is 11.6 Å². The van der Waals surface area contributed by atoms with Crippen molar-refractivity contribution in [1.82, 2.24) is 15.6 Å².